The van der Waals surface area contributed by atoms with Crippen molar-refractivity contribution in [3.8, 4) is 0 Å². The molecule has 1 fully saturated rings. The SMILES string of the molecule is CCCN(C(=O)C(C)N1CCc2ccccc2C1)C1CCNC1. The monoisotopic (exact) mass is 315 g/mol. The van der Waals surface area contributed by atoms with Gasteiger partial charge in [-0.15, -0.1) is 0 Å². The number of nitrogens with one attached hydrogen (secondary N) is 1. The quantitative estimate of drug-likeness (QED) is 0.903. The Hall–Kier alpha value is -1.39. The Kier molecular flexibility index (Phi) is 5.34. The van der Waals surface area contributed by atoms with Gasteiger partial charge in [-0.2, -0.15) is 0 Å². The number of carbonyl (C=O) groups is 1. The largest absolute Gasteiger partial charge is 0.337 e. The van der Waals surface area contributed by atoms with Gasteiger partial charge in [0, 0.05) is 32.2 Å². The van der Waals surface area contributed by atoms with Gasteiger partial charge < -0.3 is 10.2 Å². The lowest BCUT2D eigenvalue weighted by molar-refractivity contribution is -0.138. The van der Waals surface area contributed by atoms with Crippen molar-refractivity contribution in [2.45, 2.75) is 51.7 Å². The molecule has 2 aliphatic heterocycles. The molecule has 1 N–H and O–H groups in total. The molecule has 23 heavy (non-hydrogen) atoms. The maximum atomic E-state index is 13.1. The van der Waals surface area contributed by atoms with E-state index >= 15 is 0 Å². The van der Waals surface area contributed by atoms with Gasteiger partial charge in [-0.25, -0.2) is 0 Å². The average Bonchev–Trinajstić information content (AvgIpc) is 3.12. The van der Waals surface area contributed by atoms with E-state index in [1.165, 1.54) is 11.1 Å². The summed E-state index contributed by atoms with van der Waals surface area (Å²) in [5.74, 6) is 0.305. The first-order valence-corrected chi connectivity index (χ1v) is 9.02. The average molecular weight is 315 g/mol. The van der Waals surface area contributed by atoms with E-state index in [1.807, 2.05) is 0 Å². The van der Waals surface area contributed by atoms with Gasteiger partial charge in [0.05, 0.1) is 6.04 Å². The first-order valence-electron chi connectivity index (χ1n) is 9.02. The summed E-state index contributed by atoms with van der Waals surface area (Å²) in [5, 5.41) is 3.39. The van der Waals surface area contributed by atoms with Crippen molar-refractivity contribution >= 4 is 5.91 Å². The minimum atomic E-state index is -0.0319. The normalized spacial score (nSPS) is 22.6. The highest BCUT2D eigenvalue weighted by atomic mass is 16.2. The molecule has 0 bridgehead atoms. The van der Waals surface area contributed by atoms with Crippen molar-refractivity contribution in [3.63, 3.8) is 0 Å². The summed E-state index contributed by atoms with van der Waals surface area (Å²) in [5.41, 5.74) is 2.82. The molecule has 4 heteroatoms. The van der Waals surface area contributed by atoms with Gasteiger partial charge in [0.15, 0.2) is 0 Å². The van der Waals surface area contributed by atoms with Crippen LogP contribution in [0.5, 0.6) is 0 Å². The van der Waals surface area contributed by atoms with Gasteiger partial charge >= 0.3 is 0 Å². The van der Waals surface area contributed by atoms with Crippen LogP contribution in [0.4, 0.5) is 0 Å². The molecule has 3 rings (SSSR count). The maximum absolute atomic E-state index is 13.1. The van der Waals surface area contributed by atoms with Crippen LogP contribution in [0.3, 0.4) is 0 Å². The van der Waals surface area contributed by atoms with Crippen LogP contribution in [-0.4, -0.2) is 54.0 Å². The Morgan fingerprint density at radius 3 is 2.87 bits per heavy atom. The van der Waals surface area contributed by atoms with Crippen LogP contribution in [0.1, 0.15) is 37.8 Å². The zero-order chi connectivity index (χ0) is 16.2. The maximum Gasteiger partial charge on any atom is 0.239 e. The number of fused-ring (bicyclic) bond motifs is 1. The van der Waals surface area contributed by atoms with Gasteiger partial charge in [-0.05, 0) is 43.9 Å². The van der Waals surface area contributed by atoms with Crippen molar-refractivity contribution in [3.05, 3.63) is 35.4 Å². The number of benzene rings is 1. The Bertz CT molecular complexity index is 539. The minimum Gasteiger partial charge on any atom is -0.337 e. The van der Waals surface area contributed by atoms with Crippen LogP contribution in [0.25, 0.3) is 0 Å². The molecular weight excluding hydrogens is 286 g/mol. The van der Waals surface area contributed by atoms with Crippen LogP contribution in [0, 0.1) is 0 Å². The smallest absolute Gasteiger partial charge is 0.239 e. The lowest BCUT2D eigenvalue weighted by Gasteiger charge is -2.37. The van der Waals surface area contributed by atoms with Crippen LogP contribution >= 0.6 is 0 Å². The highest BCUT2D eigenvalue weighted by Crippen LogP contribution is 2.22. The molecular formula is C19H29N3O. The number of carbonyl (C=O) groups excluding carboxylic acids is 1. The molecule has 0 radical (unpaired) electrons. The van der Waals surface area contributed by atoms with Crippen molar-refractivity contribution < 1.29 is 4.79 Å². The molecule has 2 atom stereocenters. The lowest BCUT2D eigenvalue weighted by atomic mass is 9.98. The number of nitrogens with zero attached hydrogens (tertiary/aromatic N) is 2. The van der Waals surface area contributed by atoms with Crippen LogP contribution in [-0.2, 0) is 17.8 Å². The molecule has 2 unspecified atom stereocenters. The number of amides is 1. The molecule has 0 saturated carbocycles. The van der Waals surface area contributed by atoms with Gasteiger partial charge in [-0.1, -0.05) is 31.2 Å². The number of hydrogen-bond acceptors (Lipinski definition) is 3. The highest BCUT2D eigenvalue weighted by Gasteiger charge is 2.32. The summed E-state index contributed by atoms with van der Waals surface area (Å²) in [4.78, 5) is 17.6. The zero-order valence-electron chi connectivity index (χ0n) is 14.4. The van der Waals surface area contributed by atoms with E-state index in [9.17, 15) is 4.79 Å². The van der Waals surface area contributed by atoms with Gasteiger partial charge in [0.2, 0.25) is 5.91 Å². The second-order valence-corrected chi connectivity index (χ2v) is 6.84. The molecule has 1 aromatic carbocycles. The second-order valence-electron chi connectivity index (χ2n) is 6.84. The summed E-state index contributed by atoms with van der Waals surface area (Å²) >= 11 is 0. The summed E-state index contributed by atoms with van der Waals surface area (Å²) in [6, 6.07) is 8.97. The van der Waals surface area contributed by atoms with Crippen molar-refractivity contribution in [1.29, 1.82) is 0 Å². The van der Waals surface area contributed by atoms with E-state index in [2.05, 4.69) is 53.2 Å². The predicted molar refractivity (Wildman–Crippen MR) is 93.3 cm³/mol. The van der Waals surface area contributed by atoms with Gasteiger partial charge in [0.25, 0.3) is 0 Å². The second kappa shape index (κ2) is 7.45. The molecule has 1 aromatic rings. The van der Waals surface area contributed by atoms with Crippen LogP contribution in [0.2, 0.25) is 0 Å². The molecule has 0 aromatic heterocycles. The molecule has 126 valence electrons. The van der Waals surface area contributed by atoms with Gasteiger partial charge in [-0.3, -0.25) is 9.69 Å². The fraction of sp³-hybridized carbons (Fsp3) is 0.632. The number of hydrogen-bond donors (Lipinski definition) is 1. The first-order chi connectivity index (χ1) is 11.2. The van der Waals surface area contributed by atoms with Crippen LogP contribution < -0.4 is 5.32 Å². The van der Waals surface area contributed by atoms with Crippen LogP contribution in [0.15, 0.2) is 24.3 Å². The van der Waals surface area contributed by atoms with E-state index in [1.54, 1.807) is 0 Å². The van der Waals surface area contributed by atoms with Crippen molar-refractivity contribution in [2.24, 2.45) is 0 Å². The number of rotatable bonds is 5. The summed E-state index contributed by atoms with van der Waals surface area (Å²) in [7, 11) is 0. The van der Waals surface area contributed by atoms with Gasteiger partial charge in [0.1, 0.15) is 0 Å². The molecule has 2 aliphatic rings. The zero-order valence-corrected chi connectivity index (χ0v) is 14.4. The standard InChI is InChI=1S/C19H29N3O/c1-3-11-22(18-8-10-20-13-18)19(23)15(2)21-12-9-16-6-4-5-7-17(16)14-21/h4-7,15,18,20H,3,8-14H2,1-2H3. The Balaban J connectivity index is 1.68. The molecule has 0 spiro atoms. The Morgan fingerprint density at radius 1 is 1.39 bits per heavy atom. The Labute approximate surface area is 139 Å². The molecule has 1 saturated heterocycles. The van der Waals surface area contributed by atoms with Crippen molar-refractivity contribution in [1.82, 2.24) is 15.1 Å². The van der Waals surface area contributed by atoms with Crippen molar-refractivity contribution in [2.75, 3.05) is 26.2 Å². The topological polar surface area (TPSA) is 35.6 Å². The molecule has 2 heterocycles. The van der Waals surface area contributed by atoms with E-state index in [0.717, 1.165) is 52.0 Å². The fourth-order valence-corrected chi connectivity index (χ4v) is 3.86. The Morgan fingerprint density at radius 2 is 2.17 bits per heavy atom. The highest BCUT2D eigenvalue weighted by molar-refractivity contribution is 5.82. The lowest BCUT2D eigenvalue weighted by Crippen LogP contribution is -2.52. The third kappa shape index (κ3) is 3.59. The fourth-order valence-electron chi connectivity index (χ4n) is 3.86. The summed E-state index contributed by atoms with van der Waals surface area (Å²) < 4.78 is 0. The third-order valence-corrected chi connectivity index (χ3v) is 5.29. The molecule has 1 amide bonds. The van der Waals surface area contributed by atoms with E-state index in [4.69, 9.17) is 0 Å². The molecule has 4 nitrogen and oxygen atoms in total. The minimum absolute atomic E-state index is 0.0319. The third-order valence-electron chi connectivity index (χ3n) is 5.29. The summed E-state index contributed by atoms with van der Waals surface area (Å²) in [6.45, 7) is 8.97. The summed E-state index contributed by atoms with van der Waals surface area (Å²) in [6.07, 6.45) is 3.16. The van der Waals surface area contributed by atoms with E-state index in [0.29, 0.717) is 11.9 Å². The molecule has 0 aliphatic carbocycles. The predicted octanol–water partition coefficient (Wildman–Crippen LogP) is 2.03. The van der Waals surface area contributed by atoms with E-state index < -0.39 is 0 Å². The first kappa shape index (κ1) is 16.5. The van der Waals surface area contributed by atoms with E-state index in [-0.39, 0.29) is 6.04 Å².